The minimum atomic E-state index is 0.193. The number of hydrogen-bond acceptors (Lipinski definition) is 3. The molecule has 0 aliphatic carbocycles. The molecule has 0 spiro atoms. The van der Waals surface area contributed by atoms with Crippen molar-refractivity contribution in [3.8, 4) is 18.2 Å². The summed E-state index contributed by atoms with van der Waals surface area (Å²) in [6.45, 7) is 4.92. The number of allylic oxidation sites excluding steroid dienone is 5. The van der Waals surface area contributed by atoms with E-state index in [0.717, 1.165) is 0 Å². The lowest BCUT2D eigenvalue weighted by atomic mass is 10.1. The zero-order valence-electron chi connectivity index (χ0n) is 7.20. The van der Waals surface area contributed by atoms with Crippen molar-refractivity contribution in [1.82, 2.24) is 0 Å². The second-order valence-corrected chi connectivity index (χ2v) is 2.18. The van der Waals surface area contributed by atoms with Crippen LogP contribution in [0, 0.1) is 34.0 Å². The van der Waals surface area contributed by atoms with Crippen LogP contribution in [-0.2, 0) is 0 Å². The predicted octanol–water partition coefficient (Wildman–Crippen LogP) is 1.99. The second kappa shape index (κ2) is 5.35. The molecular weight excluding hydrogens is 162 g/mol. The summed E-state index contributed by atoms with van der Waals surface area (Å²) < 4.78 is 0. The molecule has 0 fully saturated rings. The first-order valence-corrected chi connectivity index (χ1v) is 3.45. The highest BCUT2D eigenvalue weighted by Gasteiger charge is 1.98. The first-order chi connectivity index (χ1) is 6.19. The third kappa shape index (κ3) is 3.06. The Morgan fingerprint density at radius 1 is 1.15 bits per heavy atom. The minimum absolute atomic E-state index is 0.193. The van der Waals surface area contributed by atoms with Crippen molar-refractivity contribution < 1.29 is 0 Å². The van der Waals surface area contributed by atoms with E-state index in [2.05, 4.69) is 6.58 Å². The van der Waals surface area contributed by atoms with Gasteiger partial charge in [-0.25, -0.2) is 0 Å². The Morgan fingerprint density at radius 2 is 1.77 bits per heavy atom. The number of rotatable bonds is 2. The van der Waals surface area contributed by atoms with Gasteiger partial charge in [0.05, 0.1) is 23.3 Å². The summed E-state index contributed by atoms with van der Waals surface area (Å²) in [5.74, 6) is 0. The molecule has 0 bridgehead atoms. The second-order valence-electron chi connectivity index (χ2n) is 2.18. The summed E-state index contributed by atoms with van der Waals surface area (Å²) in [5, 5.41) is 25.6. The summed E-state index contributed by atoms with van der Waals surface area (Å²) >= 11 is 0. The molecular formula is C10H7N3. The highest BCUT2D eigenvalue weighted by Crippen LogP contribution is 2.07. The summed E-state index contributed by atoms with van der Waals surface area (Å²) in [7, 11) is 0. The fourth-order valence-corrected chi connectivity index (χ4v) is 0.577. The van der Waals surface area contributed by atoms with Crippen molar-refractivity contribution in [3.05, 3.63) is 35.5 Å². The standard InChI is InChI=1S/C10H7N3/c1-3-9(6-12)4-10(7-13)8(2)5-11/h3-4H,1H2,2H3/b9-4+,10-8-. The van der Waals surface area contributed by atoms with Crippen LogP contribution in [0.1, 0.15) is 6.92 Å². The van der Waals surface area contributed by atoms with E-state index in [0.29, 0.717) is 0 Å². The lowest BCUT2D eigenvalue weighted by Gasteiger charge is -1.90. The monoisotopic (exact) mass is 169 g/mol. The van der Waals surface area contributed by atoms with Gasteiger partial charge in [0.2, 0.25) is 0 Å². The van der Waals surface area contributed by atoms with Gasteiger partial charge in [-0.15, -0.1) is 0 Å². The van der Waals surface area contributed by atoms with Crippen LogP contribution in [0.3, 0.4) is 0 Å². The van der Waals surface area contributed by atoms with Gasteiger partial charge in [0, 0.05) is 5.57 Å². The Hall–Kier alpha value is -2.31. The van der Waals surface area contributed by atoms with Gasteiger partial charge in [0.25, 0.3) is 0 Å². The molecule has 3 heteroatoms. The molecule has 3 nitrogen and oxygen atoms in total. The Balaban J connectivity index is 5.25. The Kier molecular flexibility index (Phi) is 4.40. The van der Waals surface area contributed by atoms with E-state index in [9.17, 15) is 0 Å². The molecule has 0 aliphatic heterocycles. The predicted molar refractivity (Wildman–Crippen MR) is 47.8 cm³/mol. The summed E-state index contributed by atoms with van der Waals surface area (Å²) in [4.78, 5) is 0. The average molecular weight is 169 g/mol. The number of nitrogens with zero attached hydrogens (tertiary/aromatic N) is 3. The minimum Gasteiger partial charge on any atom is -0.193 e. The maximum absolute atomic E-state index is 8.62. The fourth-order valence-electron chi connectivity index (χ4n) is 0.577. The Morgan fingerprint density at radius 3 is 2.08 bits per heavy atom. The Bertz CT molecular complexity index is 391. The normalized spacial score (nSPS) is 11.7. The van der Waals surface area contributed by atoms with Gasteiger partial charge >= 0.3 is 0 Å². The highest BCUT2D eigenvalue weighted by atomic mass is 14.3. The average Bonchev–Trinajstić information content (AvgIpc) is 2.19. The van der Waals surface area contributed by atoms with Crippen LogP contribution in [-0.4, -0.2) is 0 Å². The molecule has 0 aromatic rings. The molecule has 0 aromatic carbocycles. The van der Waals surface area contributed by atoms with E-state index in [1.54, 1.807) is 0 Å². The van der Waals surface area contributed by atoms with Crippen LogP contribution >= 0.6 is 0 Å². The first kappa shape index (κ1) is 10.7. The van der Waals surface area contributed by atoms with E-state index >= 15 is 0 Å². The van der Waals surface area contributed by atoms with Crippen molar-refractivity contribution in [2.24, 2.45) is 0 Å². The maximum atomic E-state index is 8.62. The van der Waals surface area contributed by atoms with Crippen LogP contribution in [0.2, 0.25) is 0 Å². The zero-order chi connectivity index (χ0) is 10.3. The van der Waals surface area contributed by atoms with Crippen molar-refractivity contribution in [3.63, 3.8) is 0 Å². The molecule has 0 radical (unpaired) electrons. The molecule has 0 unspecified atom stereocenters. The van der Waals surface area contributed by atoms with Crippen LogP contribution in [0.25, 0.3) is 0 Å². The first-order valence-electron chi connectivity index (χ1n) is 3.45. The van der Waals surface area contributed by atoms with Crippen LogP contribution in [0.15, 0.2) is 35.5 Å². The van der Waals surface area contributed by atoms with Crippen molar-refractivity contribution in [2.75, 3.05) is 0 Å². The number of nitriles is 3. The topological polar surface area (TPSA) is 71.4 Å². The molecule has 62 valence electrons. The summed E-state index contributed by atoms with van der Waals surface area (Å²) in [5.41, 5.74) is 0.752. The van der Waals surface area contributed by atoms with E-state index in [-0.39, 0.29) is 16.7 Å². The molecule has 0 aliphatic rings. The SMILES string of the molecule is C=C/C(C#N)=C\C(C#N)=C(/C)C#N. The molecule has 0 saturated carbocycles. The quantitative estimate of drug-likeness (QED) is 0.468. The zero-order valence-corrected chi connectivity index (χ0v) is 7.20. The molecule has 0 atom stereocenters. The summed E-state index contributed by atoms with van der Waals surface area (Å²) in [6.07, 6.45) is 2.67. The van der Waals surface area contributed by atoms with Crippen molar-refractivity contribution in [1.29, 1.82) is 15.8 Å². The molecule has 0 rings (SSSR count). The number of hydrogen-bond donors (Lipinski definition) is 0. The van der Waals surface area contributed by atoms with Gasteiger partial charge in [0.1, 0.15) is 6.07 Å². The largest absolute Gasteiger partial charge is 0.193 e. The van der Waals surface area contributed by atoms with Gasteiger partial charge < -0.3 is 0 Å². The highest BCUT2D eigenvalue weighted by molar-refractivity contribution is 5.49. The maximum Gasteiger partial charge on any atom is 0.100 e. The fraction of sp³-hybridized carbons (Fsp3) is 0.100. The van der Waals surface area contributed by atoms with E-state index in [1.807, 2.05) is 18.2 Å². The third-order valence-electron chi connectivity index (χ3n) is 1.34. The van der Waals surface area contributed by atoms with Crippen LogP contribution < -0.4 is 0 Å². The molecule has 0 N–H and O–H groups in total. The molecule has 0 heterocycles. The summed E-state index contributed by atoms with van der Waals surface area (Å²) in [6, 6.07) is 5.52. The van der Waals surface area contributed by atoms with E-state index in [1.165, 1.54) is 19.1 Å². The van der Waals surface area contributed by atoms with Crippen LogP contribution in [0.4, 0.5) is 0 Å². The van der Waals surface area contributed by atoms with Gasteiger partial charge in [-0.1, -0.05) is 12.7 Å². The van der Waals surface area contributed by atoms with Crippen molar-refractivity contribution in [2.45, 2.75) is 6.92 Å². The molecule has 13 heavy (non-hydrogen) atoms. The van der Waals surface area contributed by atoms with Gasteiger partial charge in [-0.05, 0) is 13.0 Å². The lowest BCUT2D eigenvalue weighted by molar-refractivity contribution is 1.38. The van der Waals surface area contributed by atoms with Gasteiger partial charge in [-0.3, -0.25) is 0 Å². The molecule has 0 aromatic heterocycles. The van der Waals surface area contributed by atoms with E-state index < -0.39 is 0 Å². The Labute approximate surface area is 77.1 Å². The van der Waals surface area contributed by atoms with Crippen molar-refractivity contribution >= 4 is 0 Å². The smallest absolute Gasteiger partial charge is 0.100 e. The third-order valence-corrected chi connectivity index (χ3v) is 1.34. The molecule has 0 amide bonds. The van der Waals surface area contributed by atoms with Gasteiger partial charge in [0.15, 0.2) is 0 Å². The van der Waals surface area contributed by atoms with E-state index in [4.69, 9.17) is 15.8 Å². The lowest BCUT2D eigenvalue weighted by Crippen LogP contribution is -1.81. The molecule has 0 saturated heterocycles. The van der Waals surface area contributed by atoms with Crippen LogP contribution in [0.5, 0.6) is 0 Å². The van der Waals surface area contributed by atoms with Gasteiger partial charge in [-0.2, -0.15) is 15.8 Å².